The second kappa shape index (κ2) is 7.13. The molecule has 0 aliphatic carbocycles. The standard InChI is InChI=1S/C16H18F2N2O/c1-2-20(14-5-3-4-12(17)10-14)9-8-16(21)15-7-6-13(18)11-19-15/h3-7,10-11,16,21H,2,8-9H2,1H3. The molecule has 0 aliphatic rings. The van der Waals surface area contributed by atoms with E-state index in [1.165, 1.54) is 24.3 Å². The molecular formula is C16H18F2N2O. The first-order valence-corrected chi connectivity index (χ1v) is 6.90. The van der Waals surface area contributed by atoms with Crippen LogP contribution in [0.1, 0.15) is 25.1 Å². The summed E-state index contributed by atoms with van der Waals surface area (Å²) in [5.74, 6) is -0.715. The highest BCUT2D eigenvalue weighted by Gasteiger charge is 2.12. The fourth-order valence-electron chi connectivity index (χ4n) is 2.15. The van der Waals surface area contributed by atoms with Gasteiger partial charge in [-0.15, -0.1) is 0 Å². The molecule has 1 heterocycles. The molecule has 0 radical (unpaired) electrons. The maximum atomic E-state index is 13.2. The number of aliphatic hydroxyl groups excluding tert-OH is 1. The van der Waals surface area contributed by atoms with Crippen LogP contribution in [0, 0.1) is 11.6 Å². The van der Waals surface area contributed by atoms with Gasteiger partial charge in [0.15, 0.2) is 0 Å². The summed E-state index contributed by atoms with van der Waals surface area (Å²) in [5.41, 5.74) is 1.21. The zero-order valence-corrected chi connectivity index (χ0v) is 11.8. The number of pyridine rings is 1. The highest BCUT2D eigenvalue weighted by molar-refractivity contribution is 5.46. The molecule has 1 atom stereocenters. The summed E-state index contributed by atoms with van der Waals surface area (Å²) in [6.45, 7) is 3.22. The average Bonchev–Trinajstić information content (AvgIpc) is 2.48. The third-order valence-electron chi connectivity index (χ3n) is 3.32. The van der Waals surface area contributed by atoms with Crippen LogP contribution in [-0.2, 0) is 0 Å². The van der Waals surface area contributed by atoms with Gasteiger partial charge in [0.25, 0.3) is 0 Å². The van der Waals surface area contributed by atoms with Gasteiger partial charge in [-0.1, -0.05) is 6.07 Å². The lowest BCUT2D eigenvalue weighted by Crippen LogP contribution is -2.25. The lowest BCUT2D eigenvalue weighted by atomic mass is 10.1. The van der Waals surface area contributed by atoms with Gasteiger partial charge in [0.1, 0.15) is 11.6 Å². The van der Waals surface area contributed by atoms with E-state index in [-0.39, 0.29) is 5.82 Å². The van der Waals surface area contributed by atoms with E-state index in [4.69, 9.17) is 0 Å². The van der Waals surface area contributed by atoms with Crippen molar-refractivity contribution >= 4 is 5.69 Å². The normalized spacial score (nSPS) is 12.2. The molecule has 1 aromatic heterocycles. The van der Waals surface area contributed by atoms with Crippen molar-refractivity contribution in [1.29, 1.82) is 0 Å². The van der Waals surface area contributed by atoms with Crippen molar-refractivity contribution in [2.24, 2.45) is 0 Å². The van der Waals surface area contributed by atoms with Crippen molar-refractivity contribution < 1.29 is 13.9 Å². The van der Waals surface area contributed by atoms with E-state index in [9.17, 15) is 13.9 Å². The number of anilines is 1. The second-order valence-corrected chi connectivity index (χ2v) is 4.77. The van der Waals surface area contributed by atoms with E-state index < -0.39 is 11.9 Å². The van der Waals surface area contributed by atoms with Gasteiger partial charge >= 0.3 is 0 Å². The van der Waals surface area contributed by atoms with Crippen LogP contribution in [-0.4, -0.2) is 23.2 Å². The minimum atomic E-state index is -0.770. The van der Waals surface area contributed by atoms with Gasteiger partial charge in [0.2, 0.25) is 0 Å². The van der Waals surface area contributed by atoms with Crippen molar-refractivity contribution in [1.82, 2.24) is 4.98 Å². The predicted molar refractivity (Wildman–Crippen MR) is 78.1 cm³/mol. The smallest absolute Gasteiger partial charge is 0.141 e. The maximum absolute atomic E-state index is 13.2. The molecule has 0 spiro atoms. The van der Waals surface area contributed by atoms with Gasteiger partial charge in [-0.2, -0.15) is 0 Å². The van der Waals surface area contributed by atoms with Crippen LogP contribution in [0.4, 0.5) is 14.5 Å². The number of hydrogen-bond donors (Lipinski definition) is 1. The van der Waals surface area contributed by atoms with E-state index in [0.29, 0.717) is 25.2 Å². The summed E-state index contributed by atoms with van der Waals surface area (Å²) in [7, 11) is 0. The number of halogens is 2. The molecule has 1 aromatic carbocycles. The highest BCUT2D eigenvalue weighted by atomic mass is 19.1. The van der Waals surface area contributed by atoms with Crippen molar-refractivity contribution in [3.05, 3.63) is 59.9 Å². The molecule has 0 saturated heterocycles. The lowest BCUT2D eigenvalue weighted by Gasteiger charge is -2.24. The summed E-state index contributed by atoms with van der Waals surface area (Å²) < 4.78 is 26.0. The molecule has 0 bridgehead atoms. The Hall–Kier alpha value is -2.01. The van der Waals surface area contributed by atoms with E-state index in [1.807, 2.05) is 17.9 Å². The molecule has 0 saturated carbocycles. The Morgan fingerprint density at radius 2 is 2.00 bits per heavy atom. The molecule has 112 valence electrons. The molecule has 1 N–H and O–H groups in total. The molecule has 21 heavy (non-hydrogen) atoms. The molecule has 3 nitrogen and oxygen atoms in total. The fraction of sp³-hybridized carbons (Fsp3) is 0.312. The quantitative estimate of drug-likeness (QED) is 0.887. The van der Waals surface area contributed by atoms with Crippen LogP contribution >= 0.6 is 0 Å². The SMILES string of the molecule is CCN(CCC(O)c1ccc(F)cn1)c1cccc(F)c1. The summed E-state index contributed by atoms with van der Waals surface area (Å²) in [4.78, 5) is 5.83. The Bertz CT molecular complexity index is 575. The van der Waals surface area contributed by atoms with Crippen LogP contribution in [0.15, 0.2) is 42.6 Å². The largest absolute Gasteiger partial charge is 0.387 e. The number of aromatic nitrogens is 1. The molecule has 2 rings (SSSR count). The Kier molecular flexibility index (Phi) is 5.22. The minimum absolute atomic E-state index is 0.285. The fourth-order valence-corrected chi connectivity index (χ4v) is 2.15. The van der Waals surface area contributed by atoms with Crippen LogP contribution < -0.4 is 4.90 Å². The minimum Gasteiger partial charge on any atom is -0.387 e. The van der Waals surface area contributed by atoms with Crippen LogP contribution in [0.5, 0.6) is 0 Å². The van der Waals surface area contributed by atoms with Crippen molar-refractivity contribution in [2.75, 3.05) is 18.0 Å². The molecule has 5 heteroatoms. The first-order valence-electron chi connectivity index (χ1n) is 6.90. The van der Waals surface area contributed by atoms with Gasteiger partial charge in [0, 0.05) is 18.8 Å². The van der Waals surface area contributed by atoms with Crippen molar-refractivity contribution in [3.63, 3.8) is 0 Å². The number of benzene rings is 1. The van der Waals surface area contributed by atoms with Gasteiger partial charge in [-0.3, -0.25) is 4.98 Å². The van der Waals surface area contributed by atoms with Gasteiger partial charge in [0.05, 0.1) is 18.0 Å². The number of nitrogens with zero attached hydrogens (tertiary/aromatic N) is 2. The maximum Gasteiger partial charge on any atom is 0.141 e. The molecule has 0 fully saturated rings. The van der Waals surface area contributed by atoms with Crippen molar-refractivity contribution in [3.8, 4) is 0 Å². The Morgan fingerprint density at radius 1 is 1.19 bits per heavy atom. The first-order chi connectivity index (χ1) is 10.1. The second-order valence-electron chi connectivity index (χ2n) is 4.77. The monoisotopic (exact) mass is 292 g/mol. The third-order valence-corrected chi connectivity index (χ3v) is 3.32. The van der Waals surface area contributed by atoms with Crippen LogP contribution in [0.25, 0.3) is 0 Å². The van der Waals surface area contributed by atoms with Crippen LogP contribution in [0.2, 0.25) is 0 Å². The molecule has 0 aliphatic heterocycles. The topological polar surface area (TPSA) is 36.4 Å². The molecule has 1 unspecified atom stereocenters. The summed E-state index contributed by atoms with van der Waals surface area (Å²) in [6.07, 6.45) is 0.749. The van der Waals surface area contributed by atoms with Gasteiger partial charge in [-0.25, -0.2) is 8.78 Å². The Balaban J connectivity index is 1.98. The zero-order valence-electron chi connectivity index (χ0n) is 11.8. The summed E-state index contributed by atoms with van der Waals surface area (Å²) in [6, 6.07) is 9.09. The Labute approximate surface area is 122 Å². The summed E-state index contributed by atoms with van der Waals surface area (Å²) >= 11 is 0. The van der Waals surface area contributed by atoms with E-state index in [0.717, 1.165) is 11.9 Å². The van der Waals surface area contributed by atoms with E-state index in [1.54, 1.807) is 6.07 Å². The lowest BCUT2D eigenvalue weighted by molar-refractivity contribution is 0.164. The Morgan fingerprint density at radius 3 is 2.62 bits per heavy atom. The van der Waals surface area contributed by atoms with Gasteiger partial charge in [-0.05, 0) is 43.7 Å². The molecule has 2 aromatic rings. The first kappa shape index (κ1) is 15.4. The van der Waals surface area contributed by atoms with E-state index >= 15 is 0 Å². The zero-order chi connectivity index (χ0) is 15.2. The highest BCUT2D eigenvalue weighted by Crippen LogP contribution is 2.19. The van der Waals surface area contributed by atoms with Gasteiger partial charge < -0.3 is 10.0 Å². The van der Waals surface area contributed by atoms with Crippen LogP contribution in [0.3, 0.4) is 0 Å². The summed E-state index contributed by atoms with van der Waals surface area (Å²) in [5, 5.41) is 10.1. The number of hydrogen-bond acceptors (Lipinski definition) is 3. The molecule has 0 amide bonds. The average molecular weight is 292 g/mol. The number of rotatable bonds is 6. The predicted octanol–water partition coefficient (Wildman–Crippen LogP) is 3.31. The van der Waals surface area contributed by atoms with Crippen molar-refractivity contribution in [2.45, 2.75) is 19.4 Å². The molecular weight excluding hydrogens is 274 g/mol. The van der Waals surface area contributed by atoms with E-state index in [2.05, 4.69) is 4.98 Å². The number of aliphatic hydroxyl groups is 1. The third kappa shape index (κ3) is 4.23.